The molecule has 1 aromatic carbocycles. The lowest BCUT2D eigenvalue weighted by Gasteiger charge is -2.10. The number of anilines is 2. The Morgan fingerprint density at radius 1 is 1.19 bits per heavy atom. The quantitative estimate of drug-likeness (QED) is 0.694. The molecule has 7 heteroatoms. The van der Waals surface area contributed by atoms with Gasteiger partial charge in [0.2, 0.25) is 0 Å². The van der Waals surface area contributed by atoms with E-state index in [1.807, 2.05) is 0 Å². The molecule has 0 spiro atoms. The van der Waals surface area contributed by atoms with Crippen LogP contribution in [0.4, 0.5) is 16.2 Å². The molecule has 0 saturated carbocycles. The highest BCUT2D eigenvalue weighted by Crippen LogP contribution is 2.23. The third-order valence-corrected chi connectivity index (χ3v) is 2.77. The summed E-state index contributed by atoms with van der Waals surface area (Å²) in [6.45, 7) is 1.70. The third kappa shape index (κ3) is 3.33. The van der Waals surface area contributed by atoms with Crippen LogP contribution in [-0.4, -0.2) is 29.2 Å². The van der Waals surface area contributed by atoms with Gasteiger partial charge in [0.1, 0.15) is 11.4 Å². The van der Waals surface area contributed by atoms with Gasteiger partial charge >= 0.3 is 12.0 Å². The van der Waals surface area contributed by atoms with E-state index >= 15 is 0 Å². The van der Waals surface area contributed by atoms with Gasteiger partial charge in [0.25, 0.3) is 0 Å². The number of carboxylic acids is 1. The lowest BCUT2D eigenvalue weighted by atomic mass is 10.3. The summed E-state index contributed by atoms with van der Waals surface area (Å²) in [5, 5.41) is 14.1. The molecule has 0 bridgehead atoms. The third-order valence-electron chi connectivity index (χ3n) is 2.77. The predicted octanol–water partition coefficient (Wildman–Crippen LogP) is 2.67. The van der Waals surface area contributed by atoms with Gasteiger partial charge in [0.05, 0.1) is 18.5 Å². The van der Waals surface area contributed by atoms with E-state index in [2.05, 4.69) is 15.6 Å². The number of rotatable bonds is 4. The van der Waals surface area contributed by atoms with E-state index in [-0.39, 0.29) is 11.4 Å². The number of aromatic amines is 1. The molecule has 0 aliphatic carbocycles. The maximum Gasteiger partial charge on any atom is 0.354 e. The highest BCUT2D eigenvalue weighted by molar-refractivity contribution is 6.04. The molecule has 1 aromatic heterocycles. The second kappa shape index (κ2) is 6.00. The normalized spacial score (nSPS) is 10.0. The Kier molecular flexibility index (Phi) is 4.13. The lowest BCUT2D eigenvalue weighted by molar-refractivity contribution is 0.0692. The zero-order valence-electron chi connectivity index (χ0n) is 11.6. The van der Waals surface area contributed by atoms with E-state index in [0.717, 1.165) is 0 Å². The maximum atomic E-state index is 11.9. The van der Waals surface area contributed by atoms with Crippen molar-refractivity contribution >= 4 is 23.4 Å². The first-order valence-electron chi connectivity index (χ1n) is 6.15. The van der Waals surface area contributed by atoms with Gasteiger partial charge in [-0.05, 0) is 25.1 Å². The van der Waals surface area contributed by atoms with E-state index < -0.39 is 12.0 Å². The van der Waals surface area contributed by atoms with Crippen molar-refractivity contribution in [1.82, 2.24) is 4.98 Å². The van der Waals surface area contributed by atoms with Crippen molar-refractivity contribution in [2.24, 2.45) is 0 Å². The Hall–Kier alpha value is -2.96. The molecule has 21 heavy (non-hydrogen) atoms. The average molecular weight is 289 g/mol. The fraction of sp³-hybridized carbons (Fsp3) is 0.143. The largest absolute Gasteiger partial charge is 0.495 e. The Labute approximate surface area is 120 Å². The fourth-order valence-corrected chi connectivity index (χ4v) is 1.88. The molecule has 2 aromatic rings. The van der Waals surface area contributed by atoms with Crippen LogP contribution in [0.25, 0.3) is 0 Å². The molecule has 2 rings (SSSR count). The van der Waals surface area contributed by atoms with Crippen molar-refractivity contribution in [2.45, 2.75) is 6.92 Å². The van der Waals surface area contributed by atoms with Crippen LogP contribution in [0.1, 0.15) is 16.2 Å². The number of carbonyl (C=O) groups is 2. The van der Waals surface area contributed by atoms with Gasteiger partial charge < -0.3 is 25.5 Å². The number of benzene rings is 1. The number of aromatic nitrogens is 1. The number of hydrogen-bond acceptors (Lipinski definition) is 3. The van der Waals surface area contributed by atoms with Crippen LogP contribution in [0.15, 0.2) is 30.3 Å². The monoisotopic (exact) mass is 289 g/mol. The molecule has 0 unspecified atom stereocenters. The molecule has 0 aliphatic rings. The van der Waals surface area contributed by atoms with E-state index in [1.54, 1.807) is 37.3 Å². The number of urea groups is 1. The molecular formula is C14H15N3O4. The van der Waals surface area contributed by atoms with E-state index in [0.29, 0.717) is 17.1 Å². The molecule has 1 heterocycles. The van der Waals surface area contributed by atoms with Gasteiger partial charge in [-0.15, -0.1) is 0 Å². The van der Waals surface area contributed by atoms with Crippen LogP contribution in [0.2, 0.25) is 0 Å². The Morgan fingerprint density at radius 3 is 2.52 bits per heavy atom. The van der Waals surface area contributed by atoms with Crippen LogP contribution in [0, 0.1) is 6.92 Å². The van der Waals surface area contributed by atoms with Crippen LogP contribution in [0.5, 0.6) is 5.75 Å². The average Bonchev–Trinajstić information content (AvgIpc) is 2.80. The number of H-pyrrole nitrogens is 1. The molecule has 4 N–H and O–H groups in total. The first-order valence-corrected chi connectivity index (χ1v) is 6.15. The summed E-state index contributed by atoms with van der Waals surface area (Å²) in [4.78, 5) is 25.7. The number of aryl methyl sites for hydroxylation is 1. The molecule has 2 amide bonds. The Balaban J connectivity index is 2.14. The van der Waals surface area contributed by atoms with Crippen molar-refractivity contribution < 1.29 is 19.4 Å². The van der Waals surface area contributed by atoms with Gasteiger partial charge in [0.15, 0.2) is 0 Å². The SMILES string of the molecule is COc1ccccc1NC(=O)Nc1cc(C)[nH]c1C(=O)O. The number of carboxylic acid groups (broad SMARTS) is 1. The highest BCUT2D eigenvalue weighted by atomic mass is 16.5. The summed E-state index contributed by atoms with van der Waals surface area (Å²) in [5.41, 5.74) is 1.26. The summed E-state index contributed by atoms with van der Waals surface area (Å²) in [6.07, 6.45) is 0. The number of amides is 2. The lowest BCUT2D eigenvalue weighted by Crippen LogP contribution is -2.20. The van der Waals surface area contributed by atoms with Crippen LogP contribution < -0.4 is 15.4 Å². The molecule has 0 saturated heterocycles. The molecule has 0 radical (unpaired) electrons. The number of ether oxygens (including phenoxy) is 1. The van der Waals surface area contributed by atoms with Gasteiger partial charge in [-0.1, -0.05) is 12.1 Å². The first kappa shape index (κ1) is 14.4. The second-order valence-corrected chi connectivity index (χ2v) is 4.33. The zero-order valence-corrected chi connectivity index (χ0v) is 11.6. The summed E-state index contributed by atoms with van der Waals surface area (Å²) >= 11 is 0. The van der Waals surface area contributed by atoms with Crippen LogP contribution in [-0.2, 0) is 0 Å². The zero-order chi connectivity index (χ0) is 15.4. The fourth-order valence-electron chi connectivity index (χ4n) is 1.88. The van der Waals surface area contributed by atoms with Crippen molar-refractivity contribution in [2.75, 3.05) is 17.7 Å². The van der Waals surface area contributed by atoms with Crippen molar-refractivity contribution in [3.05, 3.63) is 41.7 Å². The minimum atomic E-state index is -1.14. The molecule has 7 nitrogen and oxygen atoms in total. The van der Waals surface area contributed by atoms with Crippen LogP contribution >= 0.6 is 0 Å². The molecule has 0 aliphatic heterocycles. The summed E-state index contributed by atoms with van der Waals surface area (Å²) in [5.74, 6) is -0.632. The van der Waals surface area contributed by atoms with Crippen molar-refractivity contribution in [3.63, 3.8) is 0 Å². The highest BCUT2D eigenvalue weighted by Gasteiger charge is 2.16. The van der Waals surface area contributed by atoms with E-state index in [1.165, 1.54) is 7.11 Å². The second-order valence-electron chi connectivity index (χ2n) is 4.33. The number of aromatic carboxylic acids is 1. The number of methoxy groups -OCH3 is 1. The molecular weight excluding hydrogens is 274 g/mol. The predicted molar refractivity (Wildman–Crippen MR) is 78.1 cm³/mol. The van der Waals surface area contributed by atoms with Gasteiger partial charge in [0, 0.05) is 5.69 Å². The minimum Gasteiger partial charge on any atom is -0.495 e. The number of carbonyl (C=O) groups excluding carboxylic acids is 1. The topological polar surface area (TPSA) is 103 Å². The van der Waals surface area contributed by atoms with Crippen molar-refractivity contribution in [1.29, 1.82) is 0 Å². The standard InChI is InChI=1S/C14H15N3O4/c1-8-7-10(12(15-8)13(18)19)17-14(20)16-9-5-3-4-6-11(9)21-2/h3-7,15H,1-2H3,(H,18,19)(H2,16,17,20). The molecule has 0 atom stereocenters. The van der Waals surface area contributed by atoms with Crippen LogP contribution in [0.3, 0.4) is 0 Å². The summed E-state index contributed by atoms with van der Waals surface area (Å²) < 4.78 is 5.12. The molecule has 0 fully saturated rings. The first-order chi connectivity index (χ1) is 10.0. The van der Waals surface area contributed by atoms with E-state index in [9.17, 15) is 9.59 Å². The van der Waals surface area contributed by atoms with Gasteiger partial charge in [-0.25, -0.2) is 9.59 Å². The maximum absolute atomic E-state index is 11.9. The summed E-state index contributed by atoms with van der Waals surface area (Å²) in [6, 6.07) is 7.91. The Morgan fingerprint density at radius 2 is 1.86 bits per heavy atom. The van der Waals surface area contributed by atoms with Gasteiger partial charge in [-0.3, -0.25) is 0 Å². The number of para-hydroxylation sites is 2. The van der Waals surface area contributed by atoms with Gasteiger partial charge in [-0.2, -0.15) is 0 Å². The summed E-state index contributed by atoms with van der Waals surface area (Å²) in [7, 11) is 1.50. The minimum absolute atomic E-state index is 0.0670. The van der Waals surface area contributed by atoms with Crippen molar-refractivity contribution in [3.8, 4) is 5.75 Å². The Bertz CT molecular complexity index is 679. The van der Waals surface area contributed by atoms with E-state index in [4.69, 9.17) is 9.84 Å². The number of nitrogens with one attached hydrogen (secondary N) is 3. The molecule has 110 valence electrons. The smallest absolute Gasteiger partial charge is 0.354 e. The number of hydrogen-bond donors (Lipinski definition) is 4.